The van der Waals surface area contributed by atoms with E-state index in [0.717, 1.165) is 63.1 Å². The van der Waals surface area contributed by atoms with Crippen LogP contribution in [0.4, 0.5) is 0 Å². The average Bonchev–Trinajstić information content (AvgIpc) is 3.41. The van der Waals surface area contributed by atoms with E-state index in [1.165, 1.54) is 0 Å². The smallest absolute Gasteiger partial charge is 0.226 e. The topological polar surface area (TPSA) is 58.4 Å². The maximum absolute atomic E-state index is 11.7. The lowest BCUT2D eigenvalue weighted by Gasteiger charge is -2.31. The zero-order chi connectivity index (χ0) is 17.1. The molecule has 1 amide bonds. The molecule has 1 aliphatic carbocycles. The van der Waals surface area contributed by atoms with Gasteiger partial charge in [0.05, 0.1) is 5.69 Å². The summed E-state index contributed by atoms with van der Waals surface area (Å²) < 4.78 is 5.62. The first kappa shape index (κ1) is 16.3. The van der Waals surface area contributed by atoms with E-state index < -0.39 is 0 Å². The molecular weight excluding hydrogens is 314 g/mol. The molecule has 5 heteroatoms. The first-order valence-corrected chi connectivity index (χ1v) is 9.28. The minimum absolute atomic E-state index is 0.262. The van der Waals surface area contributed by atoms with Crippen molar-refractivity contribution in [3.8, 4) is 11.5 Å². The molecule has 2 aliphatic rings. The van der Waals surface area contributed by atoms with E-state index >= 15 is 0 Å². The van der Waals surface area contributed by atoms with Gasteiger partial charge >= 0.3 is 0 Å². The van der Waals surface area contributed by atoms with Gasteiger partial charge in [0.1, 0.15) is 6.26 Å². The van der Waals surface area contributed by atoms with Gasteiger partial charge in [0.2, 0.25) is 11.8 Å². The number of hydrogen-bond acceptors (Lipinski definition) is 4. The Morgan fingerprint density at radius 3 is 2.64 bits per heavy atom. The van der Waals surface area contributed by atoms with E-state index in [4.69, 9.17) is 4.42 Å². The number of amides is 1. The number of carbonyl (C=O) groups is 1. The summed E-state index contributed by atoms with van der Waals surface area (Å²) in [4.78, 5) is 18.8. The van der Waals surface area contributed by atoms with Crippen molar-refractivity contribution in [3.63, 3.8) is 0 Å². The molecule has 1 aromatic carbocycles. The maximum atomic E-state index is 11.7. The Kier molecular flexibility index (Phi) is 4.83. The van der Waals surface area contributed by atoms with Crippen LogP contribution >= 0.6 is 0 Å². The summed E-state index contributed by atoms with van der Waals surface area (Å²) >= 11 is 0. The van der Waals surface area contributed by atoms with Gasteiger partial charge in [0.15, 0.2) is 0 Å². The van der Waals surface area contributed by atoms with Crippen molar-refractivity contribution in [2.24, 2.45) is 11.8 Å². The maximum Gasteiger partial charge on any atom is 0.226 e. The summed E-state index contributed by atoms with van der Waals surface area (Å²) in [6.45, 7) is 3.78. The van der Waals surface area contributed by atoms with Gasteiger partial charge in [0, 0.05) is 24.6 Å². The number of nitrogens with one attached hydrogen (secondary N) is 1. The molecule has 5 nitrogen and oxygen atoms in total. The number of nitrogens with zero attached hydrogens (tertiary/aromatic N) is 2. The first-order valence-electron chi connectivity index (χ1n) is 9.28. The van der Waals surface area contributed by atoms with Gasteiger partial charge < -0.3 is 9.73 Å². The van der Waals surface area contributed by atoms with Crippen molar-refractivity contribution in [3.05, 3.63) is 42.3 Å². The lowest BCUT2D eigenvalue weighted by atomic mass is 9.96. The first-order chi connectivity index (χ1) is 12.3. The number of benzene rings is 1. The highest BCUT2D eigenvalue weighted by atomic mass is 16.3. The van der Waals surface area contributed by atoms with Crippen LogP contribution in [-0.4, -0.2) is 35.4 Å². The van der Waals surface area contributed by atoms with E-state index in [1.807, 2.05) is 30.3 Å². The minimum atomic E-state index is 0.262. The largest absolute Gasteiger partial charge is 0.444 e. The number of oxazole rings is 1. The van der Waals surface area contributed by atoms with Crippen molar-refractivity contribution >= 4 is 5.91 Å². The number of piperidine rings is 1. The van der Waals surface area contributed by atoms with Crippen LogP contribution in [0.3, 0.4) is 0 Å². The Morgan fingerprint density at radius 2 is 1.92 bits per heavy atom. The second-order valence-electron chi connectivity index (χ2n) is 7.25. The fourth-order valence-electron chi connectivity index (χ4n) is 3.41. The fraction of sp³-hybridized carbons (Fsp3) is 0.500. The summed E-state index contributed by atoms with van der Waals surface area (Å²) in [7, 11) is 0. The van der Waals surface area contributed by atoms with E-state index in [2.05, 4.69) is 15.2 Å². The van der Waals surface area contributed by atoms with Crippen molar-refractivity contribution in [2.75, 3.05) is 19.6 Å². The molecule has 1 aromatic heterocycles. The fourth-order valence-corrected chi connectivity index (χ4v) is 3.41. The number of carbonyl (C=O) groups excluding carboxylic acids is 1. The SMILES string of the molecule is O=C(NCC1CCN(Cc2coc(-c3ccccc3)n2)CC1)C1CC1. The van der Waals surface area contributed by atoms with Crippen LogP contribution in [0.1, 0.15) is 31.4 Å². The Labute approximate surface area is 148 Å². The van der Waals surface area contributed by atoms with Crippen LogP contribution in [0.5, 0.6) is 0 Å². The normalized spacial score (nSPS) is 19.0. The van der Waals surface area contributed by atoms with E-state index in [0.29, 0.717) is 17.7 Å². The highest BCUT2D eigenvalue weighted by molar-refractivity contribution is 5.80. The van der Waals surface area contributed by atoms with Crippen LogP contribution in [0.2, 0.25) is 0 Å². The van der Waals surface area contributed by atoms with Crippen LogP contribution < -0.4 is 5.32 Å². The van der Waals surface area contributed by atoms with Crippen molar-refractivity contribution in [1.82, 2.24) is 15.2 Å². The summed E-state index contributed by atoms with van der Waals surface area (Å²) in [6, 6.07) is 10.00. The number of aromatic nitrogens is 1. The molecule has 1 N–H and O–H groups in total. The Morgan fingerprint density at radius 1 is 1.16 bits per heavy atom. The molecule has 2 fully saturated rings. The Hall–Kier alpha value is -2.14. The lowest BCUT2D eigenvalue weighted by molar-refractivity contribution is -0.122. The van der Waals surface area contributed by atoms with Gasteiger partial charge in [0.25, 0.3) is 0 Å². The molecule has 4 rings (SSSR count). The number of rotatable bonds is 6. The summed E-state index contributed by atoms with van der Waals surface area (Å²) in [5, 5.41) is 3.12. The molecule has 0 radical (unpaired) electrons. The molecule has 1 saturated heterocycles. The van der Waals surface area contributed by atoms with E-state index in [9.17, 15) is 4.79 Å². The van der Waals surface area contributed by atoms with Gasteiger partial charge in [-0.15, -0.1) is 0 Å². The van der Waals surface area contributed by atoms with E-state index in [-0.39, 0.29) is 5.91 Å². The molecule has 0 unspecified atom stereocenters. The molecule has 2 aromatic rings. The van der Waals surface area contributed by atoms with Gasteiger partial charge in [-0.25, -0.2) is 4.98 Å². The molecular formula is C20H25N3O2. The molecule has 1 saturated carbocycles. The van der Waals surface area contributed by atoms with Crippen LogP contribution in [0.25, 0.3) is 11.5 Å². The van der Waals surface area contributed by atoms with Crippen molar-refractivity contribution in [1.29, 1.82) is 0 Å². The van der Waals surface area contributed by atoms with Crippen LogP contribution in [-0.2, 0) is 11.3 Å². The van der Waals surface area contributed by atoms with Gasteiger partial charge in [-0.05, 0) is 56.8 Å². The monoisotopic (exact) mass is 339 g/mol. The second kappa shape index (κ2) is 7.40. The molecule has 0 atom stereocenters. The third-order valence-corrected chi connectivity index (χ3v) is 5.18. The van der Waals surface area contributed by atoms with Crippen molar-refractivity contribution < 1.29 is 9.21 Å². The summed E-state index contributed by atoms with van der Waals surface area (Å²) in [5.41, 5.74) is 2.00. The number of likely N-dealkylation sites (tertiary alicyclic amines) is 1. The summed E-state index contributed by atoms with van der Waals surface area (Å²) in [6.07, 6.45) is 6.19. The average molecular weight is 339 g/mol. The standard InChI is InChI=1S/C20H25N3O2/c24-19(16-6-7-16)21-12-15-8-10-23(11-9-15)13-18-14-25-20(22-18)17-4-2-1-3-5-17/h1-5,14-16H,6-13H2,(H,21,24). The molecule has 0 bridgehead atoms. The zero-order valence-electron chi connectivity index (χ0n) is 14.5. The quantitative estimate of drug-likeness (QED) is 0.879. The Bertz CT molecular complexity index is 701. The zero-order valence-corrected chi connectivity index (χ0v) is 14.5. The lowest BCUT2D eigenvalue weighted by Crippen LogP contribution is -2.38. The van der Waals surface area contributed by atoms with Crippen LogP contribution in [0.15, 0.2) is 41.0 Å². The Balaban J connectivity index is 1.23. The van der Waals surface area contributed by atoms with Crippen LogP contribution in [0, 0.1) is 11.8 Å². The third-order valence-electron chi connectivity index (χ3n) is 5.18. The molecule has 25 heavy (non-hydrogen) atoms. The predicted octanol–water partition coefficient (Wildman–Crippen LogP) is 3.08. The minimum Gasteiger partial charge on any atom is -0.444 e. The third kappa shape index (κ3) is 4.28. The van der Waals surface area contributed by atoms with Crippen molar-refractivity contribution in [2.45, 2.75) is 32.2 Å². The van der Waals surface area contributed by atoms with Gasteiger partial charge in [-0.3, -0.25) is 9.69 Å². The molecule has 2 heterocycles. The molecule has 132 valence electrons. The molecule has 1 aliphatic heterocycles. The van der Waals surface area contributed by atoms with Gasteiger partial charge in [-0.2, -0.15) is 0 Å². The van der Waals surface area contributed by atoms with Gasteiger partial charge in [-0.1, -0.05) is 18.2 Å². The number of hydrogen-bond donors (Lipinski definition) is 1. The van der Waals surface area contributed by atoms with E-state index in [1.54, 1.807) is 6.26 Å². The molecule has 0 spiro atoms. The summed E-state index contributed by atoms with van der Waals surface area (Å²) in [5.74, 6) is 1.87. The highest BCUT2D eigenvalue weighted by Crippen LogP contribution is 2.29. The highest BCUT2D eigenvalue weighted by Gasteiger charge is 2.30. The predicted molar refractivity (Wildman–Crippen MR) is 95.7 cm³/mol. The second-order valence-corrected chi connectivity index (χ2v) is 7.25.